The zero-order valence-electron chi connectivity index (χ0n) is 24.6. The van der Waals surface area contributed by atoms with E-state index < -0.39 is 12.3 Å². The first-order chi connectivity index (χ1) is 20.4. The van der Waals surface area contributed by atoms with Crippen LogP contribution in [0.4, 0.5) is 5.69 Å². The molecule has 1 aliphatic carbocycles. The van der Waals surface area contributed by atoms with E-state index in [-0.39, 0.29) is 31.1 Å². The van der Waals surface area contributed by atoms with Crippen molar-refractivity contribution in [2.24, 2.45) is 0 Å². The molecule has 2 aromatic carbocycles. The molecule has 228 valence electrons. The van der Waals surface area contributed by atoms with Crippen LogP contribution < -0.4 is 5.32 Å². The fourth-order valence-electron chi connectivity index (χ4n) is 6.00. The Bertz CT molecular complexity index is 1150. The molecule has 3 atom stereocenters. The van der Waals surface area contributed by atoms with E-state index in [1.165, 1.54) is 25.7 Å². The number of hydrogen-bond donors (Lipinski definition) is 3. The molecule has 0 unspecified atom stereocenters. The average Bonchev–Trinajstić information content (AvgIpc) is 3.54. The van der Waals surface area contributed by atoms with Crippen molar-refractivity contribution in [3.63, 3.8) is 0 Å². The molecule has 0 radical (unpaired) electrons. The number of nitrogens with one attached hydrogen (secondary N) is 1. The smallest absolute Gasteiger partial charge is 0.303 e. The van der Waals surface area contributed by atoms with Gasteiger partial charge in [0.2, 0.25) is 5.91 Å². The number of nitrogens with zero attached hydrogens (tertiary/aromatic N) is 1. The van der Waals surface area contributed by atoms with Crippen LogP contribution in [0.2, 0.25) is 0 Å². The molecule has 0 spiro atoms. The lowest BCUT2D eigenvalue weighted by Crippen LogP contribution is -2.43. The van der Waals surface area contributed by atoms with Gasteiger partial charge in [0.1, 0.15) is 0 Å². The molecule has 8 nitrogen and oxygen atoms in total. The van der Waals surface area contributed by atoms with Gasteiger partial charge >= 0.3 is 5.97 Å². The average molecular weight is 579 g/mol. The van der Waals surface area contributed by atoms with Crippen molar-refractivity contribution in [2.45, 2.75) is 102 Å². The number of benzene rings is 2. The Balaban J connectivity index is 1.43. The molecule has 4 rings (SSSR count). The lowest BCUT2D eigenvalue weighted by atomic mass is 9.99. The largest absolute Gasteiger partial charge is 0.481 e. The molecule has 42 heavy (non-hydrogen) atoms. The third kappa shape index (κ3) is 9.76. The van der Waals surface area contributed by atoms with Crippen molar-refractivity contribution in [1.82, 2.24) is 4.90 Å². The second-order valence-corrected chi connectivity index (χ2v) is 11.5. The highest BCUT2D eigenvalue weighted by molar-refractivity contribution is 5.90. The van der Waals surface area contributed by atoms with Crippen LogP contribution in [0.25, 0.3) is 0 Å². The topological polar surface area (TPSA) is 108 Å². The number of rotatable bonds is 16. The van der Waals surface area contributed by atoms with E-state index >= 15 is 0 Å². The summed E-state index contributed by atoms with van der Waals surface area (Å²) in [5, 5.41) is 21.2. The number of carbonyl (C=O) groups excluding carboxylic acids is 1. The lowest BCUT2D eigenvalue weighted by Gasteiger charge is -2.39. The van der Waals surface area contributed by atoms with Gasteiger partial charge in [-0.05, 0) is 48.9 Å². The summed E-state index contributed by atoms with van der Waals surface area (Å²) >= 11 is 0. The number of carboxylic acid groups (broad SMARTS) is 1. The van der Waals surface area contributed by atoms with Crippen molar-refractivity contribution in [1.29, 1.82) is 0 Å². The van der Waals surface area contributed by atoms with Crippen LogP contribution >= 0.6 is 0 Å². The third-order valence-electron chi connectivity index (χ3n) is 8.24. The number of unbranched alkanes of at least 4 members (excludes halogenated alkanes) is 3. The number of anilines is 1. The van der Waals surface area contributed by atoms with Gasteiger partial charge in [-0.15, -0.1) is 6.58 Å². The van der Waals surface area contributed by atoms with Crippen molar-refractivity contribution in [2.75, 3.05) is 18.4 Å². The highest BCUT2D eigenvalue weighted by Crippen LogP contribution is 2.39. The van der Waals surface area contributed by atoms with E-state index in [1.54, 1.807) is 0 Å². The van der Waals surface area contributed by atoms with Gasteiger partial charge < -0.3 is 25.0 Å². The van der Waals surface area contributed by atoms with Gasteiger partial charge in [0.05, 0.1) is 18.8 Å². The molecule has 1 aliphatic heterocycles. The molecule has 0 aromatic heterocycles. The number of aliphatic hydroxyl groups is 1. The molecular formula is C34H46N2O6. The molecule has 0 bridgehead atoms. The molecule has 1 heterocycles. The summed E-state index contributed by atoms with van der Waals surface area (Å²) in [5.41, 5.74) is 3.45. The zero-order chi connectivity index (χ0) is 29.7. The highest BCUT2D eigenvalue weighted by atomic mass is 16.7. The van der Waals surface area contributed by atoms with Crippen LogP contribution in [0.3, 0.4) is 0 Å². The van der Waals surface area contributed by atoms with Gasteiger partial charge in [-0.1, -0.05) is 68.2 Å². The maximum atomic E-state index is 12.6. The van der Waals surface area contributed by atoms with Crippen molar-refractivity contribution < 1.29 is 29.3 Å². The number of aliphatic carboxylic acids is 1. The Morgan fingerprint density at radius 1 is 0.976 bits per heavy atom. The standard InChI is InChI=1S/C34H46N2O6/c1-2-20-36(29-12-7-8-13-29)23-30-22-31(26-18-16-25(24-37)17-19-26)42-34(41-30)27-10-9-11-28(21-27)35-32(38)14-5-3-4-6-15-33(39)40/h2,9-11,16-19,21,29-31,34,37H,1,3-8,12-15,20,22-24H2,(H,35,38)(H,39,40)/t30-,31+,34+/m0/s1. The molecule has 8 heteroatoms. The van der Waals surface area contributed by atoms with Crippen LogP contribution in [0.15, 0.2) is 61.2 Å². The van der Waals surface area contributed by atoms with Crippen LogP contribution in [0, 0.1) is 0 Å². The fraction of sp³-hybridized carbons (Fsp3) is 0.529. The summed E-state index contributed by atoms with van der Waals surface area (Å²) in [6, 6.07) is 16.1. The molecule has 3 N–H and O–H groups in total. The van der Waals surface area contributed by atoms with Crippen molar-refractivity contribution in [3.8, 4) is 0 Å². The molecular weight excluding hydrogens is 532 g/mol. The number of ether oxygens (including phenoxy) is 2. The van der Waals surface area contributed by atoms with Crippen LogP contribution in [0.1, 0.15) is 99.7 Å². The van der Waals surface area contributed by atoms with Gasteiger partial charge in [0, 0.05) is 49.6 Å². The normalized spacial score (nSPS) is 21.0. The quantitative estimate of drug-likeness (QED) is 0.154. The van der Waals surface area contributed by atoms with E-state index in [2.05, 4.69) is 16.8 Å². The number of amides is 1. The summed E-state index contributed by atoms with van der Waals surface area (Å²) in [7, 11) is 0. The molecule has 2 aromatic rings. The van der Waals surface area contributed by atoms with E-state index in [9.17, 15) is 14.7 Å². The lowest BCUT2D eigenvalue weighted by molar-refractivity contribution is -0.253. The number of aliphatic hydroxyl groups excluding tert-OH is 1. The predicted octanol–water partition coefficient (Wildman–Crippen LogP) is 6.52. The maximum absolute atomic E-state index is 12.6. The third-order valence-corrected chi connectivity index (χ3v) is 8.24. The minimum atomic E-state index is -0.779. The monoisotopic (exact) mass is 578 g/mol. The van der Waals surface area contributed by atoms with Crippen LogP contribution in [-0.2, 0) is 25.7 Å². The van der Waals surface area contributed by atoms with Crippen molar-refractivity contribution in [3.05, 3.63) is 77.9 Å². The summed E-state index contributed by atoms with van der Waals surface area (Å²) < 4.78 is 13.1. The van der Waals surface area contributed by atoms with E-state index in [4.69, 9.17) is 14.6 Å². The van der Waals surface area contributed by atoms with Crippen molar-refractivity contribution >= 4 is 17.6 Å². The minimum Gasteiger partial charge on any atom is -0.481 e. The SMILES string of the molecule is C=CCN(C[C@@H]1C[C@H](c2ccc(CO)cc2)O[C@H](c2cccc(NC(=O)CCCCCCC(=O)O)c2)O1)C1CCCC1. The maximum Gasteiger partial charge on any atom is 0.303 e. The Morgan fingerprint density at radius 2 is 1.71 bits per heavy atom. The molecule has 2 fully saturated rings. The predicted molar refractivity (Wildman–Crippen MR) is 163 cm³/mol. The number of carboxylic acids is 1. The number of carbonyl (C=O) groups is 2. The van der Waals surface area contributed by atoms with Gasteiger partial charge in [-0.3, -0.25) is 14.5 Å². The first-order valence-corrected chi connectivity index (χ1v) is 15.4. The van der Waals surface area contributed by atoms with Gasteiger partial charge in [0.25, 0.3) is 0 Å². The van der Waals surface area contributed by atoms with Crippen LogP contribution in [0.5, 0.6) is 0 Å². The molecule has 1 amide bonds. The second-order valence-electron chi connectivity index (χ2n) is 11.5. The Morgan fingerprint density at radius 3 is 2.40 bits per heavy atom. The summed E-state index contributed by atoms with van der Waals surface area (Å²) in [4.78, 5) is 25.7. The van der Waals surface area contributed by atoms with Gasteiger partial charge in [-0.2, -0.15) is 0 Å². The Labute approximate surface area is 249 Å². The highest BCUT2D eigenvalue weighted by Gasteiger charge is 2.34. The second kappa shape index (κ2) is 16.6. The first kappa shape index (κ1) is 31.9. The Hall–Kier alpha value is -3.04. The van der Waals surface area contributed by atoms with Gasteiger partial charge in [-0.25, -0.2) is 0 Å². The number of hydrogen-bond acceptors (Lipinski definition) is 6. The van der Waals surface area contributed by atoms with Gasteiger partial charge in [0.15, 0.2) is 6.29 Å². The van der Waals surface area contributed by atoms with E-state index in [0.29, 0.717) is 24.6 Å². The summed E-state index contributed by atoms with van der Waals surface area (Å²) in [5.74, 6) is -0.842. The van der Waals surface area contributed by atoms with E-state index in [1.807, 2.05) is 54.6 Å². The molecule has 2 aliphatic rings. The fourth-order valence-corrected chi connectivity index (χ4v) is 6.00. The summed E-state index contributed by atoms with van der Waals surface area (Å²) in [6.45, 7) is 5.62. The molecule has 1 saturated heterocycles. The van der Waals surface area contributed by atoms with E-state index in [0.717, 1.165) is 55.5 Å². The first-order valence-electron chi connectivity index (χ1n) is 15.4. The molecule has 1 saturated carbocycles. The Kier molecular flexibility index (Phi) is 12.6. The summed E-state index contributed by atoms with van der Waals surface area (Å²) in [6.07, 6.45) is 10.4. The zero-order valence-corrected chi connectivity index (χ0v) is 24.6. The van der Waals surface area contributed by atoms with Crippen LogP contribution in [-0.4, -0.2) is 52.2 Å². The minimum absolute atomic E-state index is 0.00129.